The first-order valence-electron chi connectivity index (χ1n) is 6.01. The predicted molar refractivity (Wildman–Crippen MR) is 67.9 cm³/mol. The molecule has 0 saturated heterocycles. The van der Waals surface area contributed by atoms with Crippen LogP contribution in [0.2, 0.25) is 0 Å². The van der Waals surface area contributed by atoms with Crippen LogP contribution in [0.1, 0.15) is 27.7 Å². The van der Waals surface area contributed by atoms with Crippen molar-refractivity contribution < 1.29 is 14.6 Å². The number of rotatable bonds is 8. The van der Waals surface area contributed by atoms with Crippen molar-refractivity contribution in [1.82, 2.24) is 10.2 Å². The highest BCUT2D eigenvalue weighted by molar-refractivity contribution is 5.78. The number of ether oxygens (including phenoxy) is 1. The Bertz CT molecular complexity index is 226. The zero-order valence-corrected chi connectivity index (χ0v) is 11.6. The second kappa shape index (κ2) is 7.63. The molecule has 5 heteroatoms. The number of aliphatic hydroxyl groups is 1. The van der Waals surface area contributed by atoms with E-state index in [2.05, 4.69) is 5.32 Å². The molecular formula is C12H26N2O3. The van der Waals surface area contributed by atoms with Crippen LogP contribution in [-0.2, 0) is 9.53 Å². The molecular weight excluding hydrogens is 220 g/mol. The van der Waals surface area contributed by atoms with Gasteiger partial charge >= 0.3 is 0 Å². The highest BCUT2D eigenvalue weighted by Crippen LogP contribution is 2.04. The van der Waals surface area contributed by atoms with Crippen molar-refractivity contribution in [3.8, 4) is 0 Å². The Balaban J connectivity index is 4.06. The van der Waals surface area contributed by atoms with Gasteiger partial charge in [-0.25, -0.2) is 0 Å². The summed E-state index contributed by atoms with van der Waals surface area (Å²) in [5.74, 6) is -0.0411. The Morgan fingerprint density at radius 1 is 1.53 bits per heavy atom. The van der Waals surface area contributed by atoms with Gasteiger partial charge in [-0.15, -0.1) is 0 Å². The van der Waals surface area contributed by atoms with E-state index in [4.69, 9.17) is 4.74 Å². The molecule has 1 atom stereocenters. The fourth-order valence-electron chi connectivity index (χ4n) is 1.64. The zero-order chi connectivity index (χ0) is 13.5. The maximum atomic E-state index is 11.7. The Hall–Kier alpha value is -0.650. The minimum Gasteiger partial charge on any atom is -0.389 e. The quantitative estimate of drug-likeness (QED) is 0.643. The molecule has 0 aromatic carbocycles. The fourth-order valence-corrected chi connectivity index (χ4v) is 1.64. The van der Waals surface area contributed by atoms with E-state index in [1.807, 2.05) is 18.7 Å². The van der Waals surface area contributed by atoms with Crippen molar-refractivity contribution in [1.29, 1.82) is 0 Å². The van der Waals surface area contributed by atoms with Gasteiger partial charge in [-0.3, -0.25) is 9.69 Å². The summed E-state index contributed by atoms with van der Waals surface area (Å²) in [7, 11) is 1.61. The lowest BCUT2D eigenvalue weighted by atomic mass is 10.1. The molecule has 0 rings (SSSR count). The number of carbonyl (C=O) groups excluding carboxylic acids is 1. The number of nitrogens with one attached hydrogen (secondary N) is 1. The normalized spacial score (nSPS) is 13.8. The lowest BCUT2D eigenvalue weighted by molar-refractivity contribution is -0.123. The number of likely N-dealkylation sites (N-methyl/N-ethyl adjacent to an activating group) is 1. The van der Waals surface area contributed by atoms with Crippen LogP contribution in [0.5, 0.6) is 0 Å². The second-order valence-corrected chi connectivity index (χ2v) is 5.04. The topological polar surface area (TPSA) is 61.8 Å². The van der Waals surface area contributed by atoms with Gasteiger partial charge in [-0.05, 0) is 27.3 Å². The minimum atomic E-state index is -0.783. The van der Waals surface area contributed by atoms with Gasteiger partial charge in [0.05, 0.1) is 18.8 Å². The van der Waals surface area contributed by atoms with Crippen LogP contribution in [0.4, 0.5) is 0 Å². The van der Waals surface area contributed by atoms with E-state index in [0.717, 1.165) is 6.54 Å². The number of hydrogen-bond donors (Lipinski definition) is 2. The first-order chi connectivity index (χ1) is 7.78. The molecule has 0 aromatic heterocycles. The molecule has 0 fully saturated rings. The smallest absolute Gasteiger partial charge is 0.234 e. The molecule has 0 heterocycles. The monoisotopic (exact) mass is 246 g/mol. The second-order valence-electron chi connectivity index (χ2n) is 5.04. The van der Waals surface area contributed by atoms with Crippen molar-refractivity contribution in [3.63, 3.8) is 0 Å². The van der Waals surface area contributed by atoms with Crippen LogP contribution in [0.15, 0.2) is 0 Å². The van der Waals surface area contributed by atoms with Crippen LogP contribution >= 0.6 is 0 Å². The van der Waals surface area contributed by atoms with E-state index in [-0.39, 0.29) is 11.9 Å². The van der Waals surface area contributed by atoms with Gasteiger partial charge < -0.3 is 15.2 Å². The molecule has 0 spiro atoms. The standard InChI is InChI=1S/C12H26N2O3/c1-6-14(9-12(3,4)16)7-11(15)13-10(2)8-17-5/h10,16H,6-9H2,1-5H3,(H,13,15). The van der Waals surface area contributed by atoms with Gasteiger partial charge in [0.2, 0.25) is 5.91 Å². The maximum absolute atomic E-state index is 11.7. The van der Waals surface area contributed by atoms with Gasteiger partial charge in [0.1, 0.15) is 0 Å². The summed E-state index contributed by atoms with van der Waals surface area (Å²) in [6.45, 7) is 9.36. The Kier molecular flexibility index (Phi) is 7.34. The SMILES string of the molecule is CCN(CC(=O)NC(C)COC)CC(C)(C)O. The number of methoxy groups -OCH3 is 1. The molecule has 2 N–H and O–H groups in total. The van der Waals surface area contributed by atoms with Crippen LogP contribution in [-0.4, -0.2) is 60.9 Å². The van der Waals surface area contributed by atoms with Gasteiger partial charge in [0.15, 0.2) is 0 Å². The highest BCUT2D eigenvalue weighted by atomic mass is 16.5. The summed E-state index contributed by atoms with van der Waals surface area (Å²) >= 11 is 0. The van der Waals surface area contributed by atoms with Gasteiger partial charge in [-0.2, -0.15) is 0 Å². The molecule has 1 unspecified atom stereocenters. The van der Waals surface area contributed by atoms with Gasteiger partial charge in [-0.1, -0.05) is 6.92 Å². The van der Waals surface area contributed by atoms with E-state index in [9.17, 15) is 9.90 Å². The molecule has 5 nitrogen and oxygen atoms in total. The summed E-state index contributed by atoms with van der Waals surface area (Å²) in [5, 5.41) is 12.5. The lowest BCUT2D eigenvalue weighted by Gasteiger charge is -2.27. The summed E-state index contributed by atoms with van der Waals surface area (Å²) in [6, 6.07) is 0.00772. The number of amides is 1. The summed E-state index contributed by atoms with van der Waals surface area (Å²) in [4.78, 5) is 13.6. The zero-order valence-electron chi connectivity index (χ0n) is 11.6. The van der Waals surface area contributed by atoms with Gasteiger partial charge in [0, 0.05) is 19.7 Å². The number of nitrogens with zero attached hydrogens (tertiary/aromatic N) is 1. The van der Waals surface area contributed by atoms with Crippen LogP contribution in [0, 0.1) is 0 Å². The Morgan fingerprint density at radius 2 is 2.12 bits per heavy atom. The van der Waals surface area contributed by atoms with Crippen molar-refractivity contribution in [2.45, 2.75) is 39.3 Å². The van der Waals surface area contributed by atoms with Crippen LogP contribution in [0.3, 0.4) is 0 Å². The first-order valence-corrected chi connectivity index (χ1v) is 6.01. The molecule has 0 aliphatic rings. The van der Waals surface area contributed by atoms with E-state index >= 15 is 0 Å². The molecule has 102 valence electrons. The van der Waals surface area contributed by atoms with Crippen molar-refractivity contribution >= 4 is 5.91 Å². The third-order valence-electron chi connectivity index (χ3n) is 2.25. The fraction of sp³-hybridized carbons (Fsp3) is 0.917. The Labute approximate surface area is 104 Å². The highest BCUT2D eigenvalue weighted by Gasteiger charge is 2.19. The third kappa shape index (κ3) is 9.09. The van der Waals surface area contributed by atoms with Crippen molar-refractivity contribution in [2.75, 3.05) is 33.4 Å². The lowest BCUT2D eigenvalue weighted by Crippen LogP contribution is -2.46. The van der Waals surface area contributed by atoms with Crippen molar-refractivity contribution in [2.24, 2.45) is 0 Å². The van der Waals surface area contributed by atoms with E-state index in [0.29, 0.717) is 19.7 Å². The molecule has 17 heavy (non-hydrogen) atoms. The summed E-state index contributed by atoms with van der Waals surface area (Å²) in [6.07, 6.45) is 0. The minimum absolute atomic E-state index is 0.00772. The average molecular weight is 246 g/mol. The predicted octanol–water partition coefficient (Wildman–Crippen LogP) is 0.230. The molecule has 0 aliphatic heterocycles. The Morgan fingerprint density at radius 3 is 2.53 bits per heavy atom. The van der Waals surface area contributed by atoms with Crippen molar-refractivity contribution in [3.05, 3.63) is 0 Å². The third-order valence-corrected chi connectivity index (χ3v) is 2.25. The summed E-state index contributed by atoms with van der Waals surface area (Å²) < 4.78 is 4.95. The van der Waals surface area contributed by atoms with E-state index in [1.54, 1.807) is 21.0 Å². The van der Waals surface area contributed by atoms with Crippen LogP contribution in [0.25, 0.3) is 0 Å². The number of hydrogen-bond acceptors (Lipinski definition) is 4. The summed E-state index contributed by atoms with van der Waals surface area (Å²) in [5.41, 5.74) is -0.783. The molecule has 0 aromatic rings. The molecule has 1 amide bonds. The van der Waals surface area contributed by atoms with E-state index < -0.39 is 5.60 Å². The van der Waals surface area contributed by atoms with Gasteiger partial charge in [0.25, 0.3) is 0 Å². The molecule has 0 radical (unpaired) electrons. The maximum Gasteiger partial charge on any atom is 0.234 e. The van der Waals surface area contributed by atoms with Crippen LogP contribution < -0.4 is 5.32 Å². The molecule has 0 aliphatic carbocycles. The van der Waals surface area contributed by atoms with E-state index in [1.165, 1.54) is 0 Å². The average Bonchev–Trinajstić information content (AvgIpc) is 2.14. The number of carbonyl (C=O) groups is 1. The first kappa shape index (κ1) is 16.4. The molecule has 0 saturated carbocycles. The molecule has 0 bridgehead atoms. The largest absolute Gasteiger partial charge is 0.389 e.